The molecule has 1 aromatic rings. The van der Waals surface area contributed by atoms with Gasteiger partial charge in [0.15, 0.2) is 0 Å². The second-order valence-corrected chi connectivity index (χ2v) is 5.67. The highest BCUT2D eigenvalue weighted by atomic mass is 35.5. The van der Waals surface area contributed by atoms with E-state index in [1.807, 2.05) is 11.8 Å². The van der Waals surface area contributed by atoms with Crippen LogP contribution in [0.25, 0.3) is 0 Å². The SMILES string of the molecule is CCN(C(=O)Nc1cc(Cl)ccc1Cl)C1CCNCC1. The first-order valence-electron chi connectivity index (χ1n) is 6.85. The minimum atomic E-state index is -0.122. The fourth-order valence-electron chi connectivity index (χ4n) is 2.47. The summed E-state index contributed by atoms with van der Waals surface area (Å²) in [6, 6.07) is 5.20. The topological polar surface area (TPSA) is 44.4 Å². The van der Waals surface area contributed by atoms with Gasteiger partial charge in [-0.2, -0.15) is 0 Å². The lowest BCUT2D eigenvalue weighted by Crippen LogP contribution is -2.47. The Balaban J connectivity index is 2.06. The quantitative estimate of drug-likeness (QED) is 0.895. The Bertz CT molecular complexity index is 475. The van der Waals surface area contributed by atoms with Gasteiger partial charge in [-0.05, 0) is 51.1 Å². The summed E-state index contributed by atoms with van der Waals surface area (Å²) in [6.45, 7) is 4.56. The van der Waals surface area contributed by atoms with Crippen molar-refractivity contribution in [2.24, 2.45) is 0 Å². The van der Waals surface area contributed by atoms with Crippen molar-refractivity contribution >= 4 is 34.9 Å². The minimum absolute atomic E-state index is 0.122. The highest BCUT2D eigenvalue weighted by molar-refractivity contribution is 6.35. The van der Waals surface area contributed by atoms with Crippen molar-refractivity contribution in [1.82, 2.24) is 10.2 Å². The summed E-state index contributed by atoms with van der Waals surface area (Å²) in [5.74, 6) is 0. The molecule has 0 radical (unpaired) electrons. The minimum Gasteiger partial charge on any atom is -0.322 e. The molecular formula is C14H19Cl2N3O. The predicted molar refractivity (Wildman–Crippen MR) is 83.8 cm³/mol. The van der Waals surface area contributed by atoms with Crippen LogP contribution in [-0.2, 0) is 0 Å². The summed E-state index contributed by atoms with van der Waals surface area (Å²) in [5.41, 5.74) is 0.552. The van der Waals surface area contributed by atoms with Crippen LogP contribution in [0.2, 0.25) is 10.0 Å². The first-order chi connectivity index (χ1) is 9.61. The van der Waals surface area contributed by atoms with Gasteiger partial charge in [0.1, 0.15) is 0 Å². The molecule has 0 aromatic heterocycles. The van der Waals surface area contributed by atoms with E-state index >= 15 is 0 Å². The van der Waals surface area contributed by atoms with Crippen LogP contribution >= 0.6 is 23.2 Å². The number of nitrogens with one attached hydrogen (secondary N) is 2. The van der Waals surface area contributed by atoms with Crippen LogP contribution in [-0.4, -0.2) is 36.6 Å². The maximum Gasteiger partial charge on any atom is 0.322 e. The maximum atomic E-state index is 12.4. The predicted octanol–water partition coefficient (Wildman–Crippen LogP) is 3.60. The van der Waals surface area contributed by atoms with Crippen LogP contribution in [0.1, 0.15) is 19.8 Å². The Morgan fingerprint density at radius 1 is 1.40 bits per heavy atom. The molecule has 0 bridgehead atoms. The summed E-state index contributed by atoms with van der Waals surface area (Å²) in [6.07, 6.45) is 1.95. The molecule has 110 valence electrons. The molecule has 1 aromatic carbocycles. The molecule has 4 nitrogen and oxygen atoms in total. The summed E-state index contributed by atoms with van der Waals surface area (Å²) in [5, 5.41) is 7.19. The molecule has 0 atom stereocenters. The van der Waals surface area contributed by atoms with Gasteiger partial charge < -0.3 is 15.5 Å². The number of halogens is 2. The first kappa shape index (κ1) is 15.4. The van der Waals surface area contributed by atoms with E-state index in [2.05, 4.69) is 10.6 Å². The summed E-state index contributed by atoms with van der Waals surface area (Å²) >= 11 is 12.0. The van der Waals surface area contributed by atoms with Gasteiger partial charge in [-0.1, -0.05) is 23.2 Å². The van der Waals surface area contributed by atoms with E-state index in [4.69, 9.17) is 23.2 Å². The molecule has 1 heterocycles. The smallest absolute Gasteiger partial charge is 0.322 e. The normalized spacial score (nSPS) is 15.9. The van der Waals surface area contributed by atoms with E-state index in [0.717, 1.165) is 25.9 Å². The number of hydrogen-bond acceptors (Lipinski definition) is 2. The zero-order valence-corrected chi connectivity index (χ0v) is 13.0. The number of nitrogens with zero attached hydrogens (tertiary/aromatic N) is 1. The number of benzene rings is 1. The van der Waals surface area contributed by atoms with Gasteiger partial charge in [0.05, 0.1) is 10.7 Å². The highest BCUT2D eigenvalue weighted by Gasteiger charge is 2.24. The van der Waals surface area contributed by atoms with E-state index < -0.39 is 0 Å². The Morgan fingerprint density at radius 2 is 2.10 bits per heavy atom. The maximum absolute atomic E-state index is 12.4. The number of amides is 2. The fourth-order valence-corrected chi connectivity index (χ4v) is 2.80. The summed E-state index contributed by atoms with van der Waals surface area (Å²) in [7, 11) is 0. The molecule has 0 aliphatic carbocycles. The number of urea groups is 1. The molecule has 1 saturated heterocycles. The molecule has 20 heavy (non-hydrogen) atoms. The monoisotopic (exact) mass is 315 g/mol. The fraction of sp³-hybridized carbons (Fsp3) is 0.500. The van der Waals surface area contributed by atoms with E-state index in [1.54, 1.807) is 18.2 Å². The van der Waals surface area contributed by atoms with Gasteiger partial charge in [-0.15, -0.1) is 0 Å². The molecule has 0 saturated carbocycles. The molecule has 1 fully saturated rings. The van der Waals surface area contributed by atoms with E-state index in [1.165, 1.54) is 0 Å². The van der Waals surface area contributed by atoms with Crippen molar-refractivity contribution < 1.29 is 4.79 Å². The Kier molecular flexibility index (Phi) is 5.52. The number of carbonyl (C=O) groups is 1. The number of rotatable bonds is 3. The van der Waals surface area contributed by atoms with Gasteiger partial charge in [-0.25, -0.2) is 4.79 Å². The third-order valence-electron chi connectivity index (χ3n) is 3.52. The van der Waals surface area contributed by atoms with Crippen molar-refractivity contribution in [2.75, 3.05) is 25.0 Å². The van der Waals surface area contributed by atoms with E-state index in [-0.39, 0.29) is 12.1 Å². The van der Waals surface area contributed by atoms with Crippen LogP contribution < -0.4 is 10.6 Å². The third-order valence-corrected chi connectivity index (χ3v) is 4.09. The molecule has 0 unspecified atom stereocenters. The molecule has 2 rings (SSSR count). The molecule has 1 aliphatic heterocycles. The Morgan fingerprint density at radius 3 is 2.75 bits per heavy atom. The van der Waals surface area contributed by atoms with Crippen molar-refractivity contribution in [2.45, 2.75) is 25.8 Å². The molecule has 6 heteroatoms. The lowest BCUT2D eigenvalue weighted by molar-refractivity contribution is 0.175. The van der Waals surface area contributed by atoms with Gasteiger partial charge in [0, 0.05) is 17.6 Å². The summed E-state index contributed by atoms with van der Waals surface area (Å²) in [4.78, 5) is 14.3. The van der Waals surface area contributed by atoms with E-state index in [9.17, 15) is 4.79 Å². The summed E-state index contributed by atoms with van der Waals surface area (Å²) < 4.78 is 0. The highest BCUT2D eigenvalue weighted by Crippen LogP contribution is 2.26. The van der Waals surface area contributed by atoms with Gasteiger partial charge in [-0.3, -0.25) is 0 Å². The van der Waals surface area contributed by atoms with Gasteiger partial charge in [0.2, 0.25) is 0 Å². The Hall–Kier alpha value is -0.970. The number of carbonyl (C=O) groups excluding carboxylic acids is 1. The second kappa shape index (κ2) is 7.16. The molecule has 2 amide bonds. The third kappa shape index (κ3) is 3.78. The number of hydrogen-bond donors (Lipinski definition) is 2. The van der Waals surface area contributed by atoms with Crippen LogP contribution in [0.3, 0.4) is 0 Å². The van der Waals surface area contributed by atoms with Crippen LogP contribution in [0.15, 0.2) is 18.2 Å². The van der Waals surface area contributed by atoms with Crippen molar-refractivity contribution in [3.05, 3.63) is 28.2 Å². The number of piperidine rings is 1. The first-order valence-corrected chi connectivity index (χ1v) is 7.60. The van der Waals surface area contributed by atoms with Crippen molar-refractivity contribution in [3.8, 4) is 0 Å². The van der Waals surface area contributed by atoms with Gasteiger partial charge >= 0.3 is 6.03 Å². The number of anilines is 1. The zero-order chi connectivity index (χ0) is 14.5. The van der Waals surface area contributed by atoms with Crippen LogP contribution in [0.5, 0.6) is 0 Å². The molecule has 0 spiro atoms. The molecular weight excluding hydrogens is 297 g/mol. The van der Waals surface area contributed by atoms with Crippen molar-refractivity contribution in [3.63, 3.8) is 0 Å². The lowest BCUT2D eigenvalue weighted by atomic mass is 10.1. The van der Waals surface area contributed by atoms with Crippen LogP contribution in [0, 0.1) is 0 Å². The zero-order valence-electron chi connectivity index (χ0n) is 11.5. The largest absolute Gasteiger partial charge is 0.322 e. The average Bonchev–Trinajstić information content (AvgIpc) is 2.45. The lowest BCUT2D eigenvalue weighted by Gasteiger charge is -2.34. The van der Waals surface area contributed by atoms with E-state index in [0.29, 0.717) is 22.3 Å². The standard InChI is InChI=1S/C14H19Cl2N3O/c1-2-19(11-5-7-17-8-6-11)14(20)18-13-9-10(15)3-4-12(13)16/h3-4,9,11,17H,2,5-8H2,1H3,(H,18,20). The molecule has 1 aliphatic rings. The Labute approximate surface area is 129 Å². The van der Waals surface area contributed by atoms with Crippen LogP contribution in [0.4, 0.5) is 10.5 Å². The average molecular weight is 316 g/mol. The second-order valence-electron chi connectivity index (χ2n) is 4.82. The van der Waals surface area contributed by atoms with Gasteiger partial charge in [0.25, 0.3) is 0 Å². The van der Waals surface area contributed by atoms with Crippen molar-refractivity contribution in [1.29, 1.82) is 0 Å². The molecule has 2 N–H and O–H groups in total.